The minimum atomic E-state index is -0.388. The molecule has 6 heteroatoms. The van der Waals surface area contributed by atoms with Crippen molar-refractivity contribution in [3.05, 3.63) is 52.8 Å². The number of rotatable bonds is 5. The van der Waals surface area contributed by atoms with E-state index < -0.39 is 0 Å². The molecule has 0 radical (unpaired) electrons. The van der Waals surface area contributed by atoms with Gasteiger partial charge in [-0.15, -0.1) is 0 Å². The number of hydrogen-bond donors (Lipinski definition) is 1. The summed E-state index contributed by atoms with van der Waals surface area (Å²) in [5, 5.41) is 0.993. The Labute approximate surface area is 141 Å². The van der Waals surface area contributed by atoms with Gasteiger partial charge in [0, 0.05) is 10.5 Å². The van der Waals surface area contributed by atoms with Gasteiger partial charge in [0.05, 0.1) is 18.2 Å². The van der Waals surface area contributed by atoms with Crippen LogP contribution in [0.4, 0.5) is 0 Å². The monoisotopic (exact) mass is 375 g/mol. The number of carbonyl (C=O) groups excluding carboxylic acids is 1. The number of hydrogen-bond acceptors (Lipinski definition) is 3. The Hall–Kier alpha value is -2.34. The zero-order valence-electron chi connectivity index (χ0n) is 12.6. The Morgan fingerprint density at radius 1 is 1.30 bits per heavy atom. The van der Waals surface area contributed by atoms with Gasteiger partial charge in [-0.05, 0) is 30.7 Å². The molecule has 2 N–H and O–H groups in total. The average Bonchev–Trinajstić information content (AvgIpc) is 3.00. The van der Waals surface area contributed by atoms with E-state index in [0.29, 0.717) is 23.7 Å². The highest BCUT2D eigenvalue weighted by atomic mass is 79.9. The van der Waals surface area contributed by atoms with E-state index in [9.17, 15) is 4.79 Å². The Balaban J connectivity index is 1.91. The predicted octanol–water partition coefficient (Wildman–Crippen LogP) is 4.10. The van der Waals surface area contributed by atoms with E-state index in [2.05, 4.69) is 25.9 Å². The molecule has 0 fully saturated rings. The van der Waals surface area contributed by atoms with E-state index in [0.717, 1.165) is 21.9 Å². The van der Waals surface area contributed by atoms with Crippen molar-refractivity contribution in [2.75, 3.05) is 6.61 Å². The minimum Gasteiger partial charge on any atom is -0.462 e. The van der Waals surface area contributed by atoms with Gasteiger partial charge >= 0.3 is 5.97 Å². The number of benzene rings is 1. The predicted molar refractivity (Wildman–Crippen MR) is 89.6 cm³/mol. The molecule has 2 heterocycles. The number of ether oxygens (including phenoxy) is 2. The van der Waals surface area contributed by atoms with Crippen LogP contribution < -0.4 is 9.72 Å². The fourth-order valence-corrected chi connectivity index (χ4v) is 2.51. The van der Waals surface area contributed by atoms with Crippen molar-refractivity contribution < 1.29 is 19.3 Å². The van der Waals surface area contributed by atoms with E-state index in [4.69, 9.17) is 9.47 Å². The molecule has 118 valence electrons. The number of H-pyrrole nitrogens is 2. The maximum Gasteiger partial charge on any atom is 0.341 e. The largest absolute Gasteiger partial charge is 0.462 e. The van der Waals surface area contributed by atoms with Gasteiger partial charge in [-0.3, -0.25) is 0 Å². The second-order valence-corrected chi connectivity index (χ2v) is 5.94. The summed E-state index contributed by atoms with van der Waals surface area (Å²) in [5.41, 5.74) is 1.31. The van der Waals surface area contributed by atoms with Crippen LogP contribution in [-0.4, -0.2) is 17.6 Å². The van der Waals surface area contributed by atoms with Gasteiger partial charge in [-0.2, -0.15) is 0 Å². The summed E-state index contributed by atoms with van der Waals surface area (Å²) in [6.45, 7) is 2.34. The first-order valence-electron chi connectivity index (χ1n) is 7.30. The molecule has 5 nitrogen and oxygen atoms in total. The molecule has 0 atom stereocenters. The number of nitrogens with one attached hydrogen (secondary N) is 2. The number of esters is 1. The summed E-state index contributed by atoms with van der Waals surface area (Å²) in [6.07, 6.45) is 4.36. The molecular formula is C17H16BrN2O3+. The van der Waals surface area contributed by atoms with E-state index in [1.54, 1.807) is 24.4 Å². The Morgan fingerprint density at radius 3 is 3.00 bits per heavy atom. The highest BCUT2D eigenvalue weighted by Gasteiger charge is 2.16. The van der Waals surface area contributed by atoms with Crippen molar-refractivity contribution in [3.63, 3.8) is 0 Å². The number of fused-ring (bicyclic) bond motifs is 1. The zero-order valence-corrected chi connectivity index (χ0v) is 14.1. The second kappa shape index (κ2) is 6.83. The number of aromatic nitrogens is 2. The normalized spacial score (nSPS) is 10.7. The second-order valence-electron chi connectivity index (χ2n) is 5.02. The van der Waals surface area contributed by atoms with Crippen molar-refractivity contribution in [3.8, 4) is 11.5 Å². The average molecular weight is 376 g/mol. The van der Waals surface area contributed by atoms with E-state index >= 15 is 0 Å². The lowest BCUT2D eigenvalue weighted by atomic mass is 10.2. The first-order chi connectivity index (χ1) is 11.2. The first kappa shape index (κ1) is 15.6. The lowest BCUT2D eigenvalue weighted by Gasteiger charge is -2.10. The van der Waals surface area contributed by atoms with Crippen molar-refractivity contribution in [2.24, 2.45) is 0 Å². The van der Waals surface area contributed by atoms with Crippen LogP contribution in [0, 0.1) is 0 Å². The first-order valence-corrected chi connectivity index (χ1v) is 8.10. The zero-order chi connectivity index (χ0) is 16.2. The lowest BCUT2D eigenvalue weighted by molar-refractivity contribution is -0.348. The third kappa shape index (κ3) is 3.53. The van der Waals surface area contributed by atoms with Gasteiger partial charge in [0.1, 0.15) is 17.5 Å². The third-order valence-corrected chi connectivity index (χ3v) is 3.76. The molecule has 0 spiro atoms. The van der Waals surface area contributed by atoms with Crippen molar-refractivity contribution in [1.29, 1.82) is 0 Å². The highest BCUT2D eigenvalue weighted by Crippen LogP contribution is 2.29. The number of carbonyl (C=O) groups is 1. The highest BCUT2D eigenvalue weighted by molar-refractivity contribution is 9.10. The van der Waals surface area contributed by atoms with Crippen molar-refractivity contribution in [1.82, 2.24) is 4.98 Å². The summed E-state index contributed by atoms with van der Waals surface area (Å²) in [4.78, 5) is 18.4. The standard InChI is InChI=1S/C17H15BrN2O3/c1-2-7-22-17(21)14-4-3-12(18)9-15(14)23-13-8-11-5-6-19-16(11)20-10-13/h3-6,8-10H,2,7H2,1H3,(H,19,20)/p+1. The number of aromatic amines is 2. The molecule has 0 saturated carbocycles. The summed E-state index contributed by atoms with van der Waals surface area (Å²) in [7, 11) is 0. The van der Waals surface area contributed by atoms with Crippen LogP contribution in [0.3, 0.4) is 0 Å². The summed E-state index contributed by atoms with van der Waals surface area (Å²) in [5.74, 6) is 0.671. The fourth-order valence-electron chi connectivity index (χ4n) is 2.17. The van der Waals surface area contributed by atoms with Gasteiger partial charge in [-0.1, -0.05) is 22.9 Å². The lowest BCUT2D eigenvalue weighted by Crippen LogP contribution is -2.08. The summed E-state index contributed by atoms with van der Waals surface area (Å²) in [6, 6.07) is 9.07. The topological polar surface area (TPSA) is 65.5 Å². The van der Waals surface area contributed by atoms with Crippen molar-refractivity contribution in [2.45, 2.75) is 13.3 Å². The molecule has 23 heavy (non-hydrogen) atoms. The molecular weight excluding hydrogens is 360 g/mol. The molecule has 1 aromatic carbocycles. The number of halogens is 1. The molecule has 0 bridgehead atoms. The van der Waals surface area contributed by atoms with Gasteiger partial charge in [0.15, 0.2) is 5.75 Å². The van der Waals surface area contributed by atoms with Crippen LogP contribution in [0.1, 0.15) is 23.7 Å². The Bertz CT molecular complexity index is 845. The van der Waals surface area contributed by atoms with Gasteiger partial charge < -0.3 is 9.47 Å². The van der Waals surface area contributed by atoms with Crippen LogP contribution in [0.2, 0.25) is 0 Å². The molecule has 0 aliphatic heterocycles. The maximum atomic E-state index is 12.2. The maximum absolute atomic E-state index is 12.2. The van der Waals surface area contributed by atoms with E-state index in [-0.39, 0.29) is 5.97 Å². The van der Waals surface area contributed by atoms with Gasteiger partial charge in [0.2, 0.25) is 0 Å². The molecule has 0 saturated heterocycles. The number of pyridine rings is 1. The quantitative estimate of drug-likeness (QED) is 0.682. The van der Waals surface area contributed by atoms with Crippen LogP contribution >= 0.6 is 15.9 Å². The molecule has 0 amide bonds. The smallest absolute Gasteiger partial charge is 0.341 e. The summed E-state index contributed by atoms with van der Waals surface area (Å²) < 4.78 is 11.9. The molecule has 0 aliphatic rings. The Morgan fingerprint density at radius 2 is 2.17 bits per heavy atom. The fraction of sp³-hybridized carbons (Fsp3) is 0.176. The van der Waals surface area contributed by atoms with E-state index in [1.807, 2.05) is 25.3 Å². The van der Waals surface area contributed by atoms with E-state index in [1.165, 1.54) is 0 Å². The van der Waals surface area contributed by atoms with Crippen LogP contribution in [0.25, 0.3) is 11.0 Å². The Kier molecular flexibility index (Phi) is 4.62. The van der Waals surface area contributed by atoms with Gasteiger partial charge in [0.25, 0.3) is 5.65 Å². The van der Waals surface area contributed by atoms with Crippen molar-refractivity contribution >= 4 is 32.9 Å². The van der Waals surface area contributed by atoms with Gasteiger partial charge in [-0.25, -0.2) is 14.8 Å². The third-order valence-electron chi connectivity index (χ3n) is 3.26. The molecule has 2 aromatic heterocycles. The van der Waals surface area contributed by atoms with Crippen LogP contribution in [0.5, 0.6) is 11.5 Å². The molecule has 0 aliphatic carbocycles. The molecule has 0 unspecified atom stereocenters. The molecule has 3 rings (SSSR count). The van der Waals surface area contributed by atoms with Crippen LogP contribution in [0.15, 0.2) is 47.2 Å². The summed E-state index contributed by atoms with van der Waals surface area (Å²) >= 11 is 3.40. The van der Waals surface area contributed by atoms with Crippen LogP contribution in [-0.2, 0) is 4.74 Å². The minimum absolute atomic E-state index is 0.386. The molecule has 3 aromatic rings. The SMILES string of the molecule is CCCOC(=O)c1ccc(Br)cc1Oc1c[nH+]c2[nH]ccc2c1.